The Morgan fingerprint density at radius 1 is 1.30 bits per heavy atom. The van der Waals surface area contributed by atoms with Crippen molar-refractivity contribution in [3.8, 4) is 0 Å². The molecule has 0 spiro atoms. The number of aromatic nitrogens is 1. The molecular formula is C22H26F2N2O4. The molecule has 1 amide bonds. The minimum atomic E-state index is -1.10. The zero-order chi connectivity index (χ0) is 22.2. The van der Waals surface area contributed by atoms with E-state index in [0.717, 1.165) is 6.07 Å². The number of carbonyl (C=O) groups excluding carboxylic acids is 1. The van der Waals surface area contributed by atoms with Crippen molar-refractivity contribution in [2.24, 2.45) is 5.92 Å². The van der Waals surface area contributed by atoms with Gasteiger partial charge in [0, 0.05) is 5.92 Å². The fraction of sp³-hybridized carbons (Fsp3) is 0.455. The molecule has 6 nitrogen and oxygen atoms in total. The van der Waals surface area contributed by atoms with Crippen molar-refractivity contribution in [2.75, 3.05) is 11.9 Å². The van der Waals surface area contributed by atoms with Crippen molar-refractivity contribution in [2.45, 2.75) is 51.4 Å². The number of nitrogens with zero attached hydrogens (tertiary/aromatic N) is 1. The van der Waals surface area contributed by atoms with Gasteiger partial charge in [0.15, 0.2) is 11.6 Å². The Kier molecular flexibility index (Phi) is 6.21. The second kappa shape index (κ2) is 8.37. The van der Waals surface area contributed by atoms with E-state index in [4.69, 9.17) is 9.84 Å². The van der Waals surface area contributed by atoms with E-state index < -0.39 is 47.9 Å². The lowest BCUT2D eigenvalue weighted by molar-refractivity contribution is -0.131. The van der Waals surface area contributed by atoms with Gasteiger partial charge in [-0.05, 0) is 56.0 Å². The van der Waals surface area contributed by atoms with Crippen LogP contribution in [-0.4, -0.2) is 39.4 Å². The summed E-state index contributed by atoms with van der Waals surface area (Å²) < 4.78 is 33.9. The number of hydrogen-bond acceptors (Lipinski definition) is 5. The molecule has 1 aromatic heterocycles. The van der Waals surface area contributed by atoms with Crippen molar-refractivity contribution >= 4 is 11.6 Å². The van der Waals surface area contributed by atoms with Crippen molar-refractivity contribution in [1.29, 1.82) is 0 Å². The third kappa shape index (κ3) is 4.08. The third-order valence-corrected chi connectivity index (χ3v) is 5.96. The molecule has 0 aliphatic carbocycles. The molecule has 0 saturated carbocycles. The Labute approximate surface area is 173 Å². The number of aliphatic hydroxyl groups is 2. The first-order valence-electron chi connectivity index (χ1n) is 9.75. The summed E-state index contributed by atoms with van der Waals surface area (Å²) in [6, 6.07) is 5.63. The molecule has 1 aliphatic heterocycles. The Bertz CT molecular complexity index is 933. The molecule has 3 rings (SSSR count). The second-order valence-corrected chi connectivity index (χ2v) is 8.19. The summed E-state index contributed by atoms with van der Waals surface area (Å²) in [5.41, 5.74) is 0.701. The van der Waals surface area contributed by atoms with Gasteiger partial charge in [-0.3, -0.25) is 9.78 Å². The molecule has 1 aliphatic rings. The molecule has 1 saturated heterocycles. The molecule has 162 valence electrons. The lowest BCUT2D eigenvalue weighted by Crippen LogP contribution is -2.33. The van der Waals surface area contributed by atoms with E-state index in [1.54, 1.807) is 6.07 Å². The first-order chi connectivity index (χ1) is 14.1. The molecule has 3 N–H and O–H groups in total. The van der Waals surface area contributed by atoms with Crippen LogP contribution in [0.5, 0.6) is 0 Å². The van der Waals surface area contributed by atoms with Gasteiger partial charge in [0.1, 0.15) is 12.2 Å². The molecule has 2 aromatic rings. The smallest absolute Gasteiger partial charge is 0.254 e. The summed E-state index contributed by atoms with van der Waals surface area (Å²) in [6.45, 7) is 6.68. The Balaban J connectivity index is 1.89. The standard InChI is InChI=1S/C22H26F2N2O4/c1-11-14(6-7-15(23)19(11)24)18-12(2)22(3,4)30-20(18)21(29)26-13-5-8-16(25-9-13)17(28)10-27/h5-9,12,17-18,20,27-28H,10H2,1-4H3,(H,26,29)/t12-,17-,18-,20+/m0/s1. The number of nitrogens with one attached hydrogen (secondary N) is 1. The number of rotatable bonds is 5. The van der Waals surface area contributed by atoms with Gasteiger partial charge < -0.3 is 20.3 Å². The number of anilines is 1. The van der Waals surface area contributed by atoms with Crippen molar-refractivity contribution < 1.29 is 28.5 Å². The fourth-order valence-electron chi connectivity index (χ4n) is 3.86. The summed E-state index contributed by atoms with van der Waals surface area (Å²) in [7, 11) is 0. The van der Waals surface area contributed by atoms with Gasteiger partial charge in [-0.25, -0.2) is 8.78 Å². The van der Waals surface area contributed by atoms with Gasteiger partial charge in [0.25, 0.3) is 5.91 Å². The maximum atomic E-state index is 14.2. The van der Waals surface area contributed by atoms with Crippen molar-refractivity contribution in [3.05, 3.63) is 58.9 Å². The molecule has 0 radical (unpaired) electrons. The van der Waals surface area contributed by atoms with E-state index >= 15 is 0 Å². The molecule has 1 aromatic carbocycles. The van der Waals surface area contributed by atoms with Crippen LogP contribution >= 0.6 is 0 Å². The molecular weight excluding hydrogens is 394 g/mol. The van der Waals surface area contributed by atoms with E-state index in [0.29, 0.717) is 11.3 Å². The zero-order valence-electron chi connectivity index (χ0n) is 17.3. The molecule has 30 heavy (non-hydrogen) atoms. The maximum absolute atomic E-state index is 14.2. The minimum Gasteiger partial charge on any atom is -0.393 e. The number of amides is 1. The van der Waals surface area contributed by atoms with Crippen LogP contribution in [0.4, 0.5) is 14.5 Å². The summed E-state index contributed by atoms with van der Waals surface area (Å²) in [5.74, 6) is -2.90. The molecule has 1 fully saturated rings. The molecule has 2 heterocycles. The summed E-state index contributed by atoms with van der Waals surface area (Å²) in [4.78, 5) is 17.1. The van der Waals surface area contributed by atoms with Crippen molar-refractivity contribution in [1.82, 2.24) is 4.98 Å². The van der Waals surface area contributed by atoms with E-state index in [2.05, 4.69) is 10.3 Å². The lowest BCUT2D eigenvalue weighted by Gasteiger charge is -2.25. The molecule has 4 atom stereocenters. The summed E-state index contributed by atoms with van der Waals surface area (Å²) >= 11 is 0. The average molecular weight is 420 g/mol. The van der Waals surface area contributed by atoms with Crippen molar-refractivity contribution in [3.63, 3.8) is 0 Å². The van der Waals surface area contributed by atoms with Gasteiger partial charge >= 0.3 is 0 Å². The number of aliphatic hydroxyl groups excluding tert-OH is 2. The van der Waals surface area contributed by atoms with Crippen LogP contribution in [0.3, 0.4) is 0 Å². The summed E-state index contributed by atoms with van der Waals surface area (Å²) in [6.07, 6.45) is -0.649. The molecule has 8 heteroatoms. The van der Waals surface area contributed by atoms with E-state index in [9.17, 15) is 18.7 Å². The van der Waals surface area contributed by atoms with Crippen LogP contribution in [0.15, 0.2) is 30.5 Å². The highest BCUT2D eigenvalue weighted by atomic mass is 19.2. The quantitative estimate of drug-likeness (QED) is 0.691. The third-order valence-electron chi connectivity index (χ3n) is 5.96. The lowest BCUT2D eigenvalue weighted by atomic mass is 9.77. The fourth-order valence-corrected chi connectivity index (χ4v) is 3.86. The topological polar surface area (TPSA) is 91.7 Å². The van der Waals surface area contributed by atoms with Gasteiger partial charge in [0.05, 0.1) is 29.8 Å². The Morgan fingerprint density at radius 2 is 2.00 bits per heavy atom. The first kappa shape index (κ1) is 22.3. The van der Waals surface area contributed by atoms with E-state index in [1.807, 2.05) is 20.8 Å². The number of pyridine rings is 1. The summed E-state index contributed by atoms with van der Waals surface area (Å²) in [5, 5.41) is 21.3. The largest absolute Gasteiger partial charge is 0.393 e. The van der Waals surface area contributed by atoms with Gasteiger partial charge in [-0.1, -0.05) is 13.0 Å². The van der Waals surface area contributed by atoms with Crippen LogP contribution in [-0.2, 0) is 9.53 Å². The van der Waals surface area contributed by atoms with Crippen LogP contribution in [0, 0.1) is 24.5 Å². The average Bonchev–Trinajstić information content (AvgIpc) is 2.96. The Morgan fingerprint density at radius 3 is 2.60 bits per heavy atom. The highest BCUT2D eigenvalue weighted by Crippen LogP contribution is 2.47. The van der Waals surface area contributed by atoms with Crippen LogP contribution < -0.4 is 5.32 Å². The van der Waals surface area contributed by atoms with Crippen LogP contribution in [0.2, 0.25) is 0 Å². The van der Waals surface area contributed by atoms with Crippen LogP contribution in [0.1, 0.15) is 49.6 Å². The number of ether oxygens (including phenoxy) is 1. The first-order valence-corrected chi connectivity index (χ1v) is 9.75. The number of carbonyl (C=O) groups is 1. The molecule has 0 bridgehead atoms. The molecule has 0 unspecified atom stereocenters. The predicted molar refractivity (Wildman–Crippen MR) is 107 cm³/mol. The van der Waals surface area contributed by atoms with Gasteiger partial charge in [-0.15, -0.1) is 0 Å². The zero-order valence-corrected chi connectivity index (χ0v) is 17.3. The normalized spacial score (nSPS) is 23.9. The number of halogens is 2. The highest BCUT2D eigenvalue weighted by molar-refractivity contribution is 5.95. The SMILES string of the molecule is Cc1c([C@H]2[C@H](C(=O)Nc3ccc([C@@H](O)CO)nc3)OC(C)(C)[C@H]2C)ccc(F)c1F. The van der Waals surface area contributed by atoms with E-state index in [-0.39, 0.29) is 17.2 Å². The monoisotopic (exact) mass is 420 g/mol. The predicted octanol–water partition coefficient (Wildman–Crippen LogP) is 3.23. The van der Waals surface area contributed by atoms with Gasteiger partial charge in [-0.2, -0.15) is 0 Å². The highest BCUT2D eigenvalue weighted by Gasteiger charge is 2.51. The van der Waals surface area contributed by atoms with Crippen LogP contribution in [0.25, 0.3) is 0 Å². The minimum absolute atomic E-state index is 0.142. The second-order valence-electron chi connectivity index (χ2n) is 8.19. The maximum Gasteiger partial charge on any atom is 0.254 e. The van der Waals surface area contributed by atoms with Gasteiger partial charge in [0.2, 0.25) is 0 Å². The number of benzene rings is 1. The van der Waals surface area contributed by atoms with E-state index in [1.165, 1.54) is 25.3 Å². The number of hydrogen-bond donors (Lipinski definition) is 3. The Hall–Kier alpha value is -2.42.